The molecular weight excluding hydrogens is 566 g/mol. The van der Waals surface area contributed by atoms with Crippen LogP contribution in [0, 0.1) is 6.92 Å². The third-order valence-corrected chi connectivity index (χ3v) is 8.05. The highest BCUT2D eigenvalue weighted by molar-refractivity contribution is 7.22. The number of benzene rings is 4. The van der Waals surface area contributed by atoms with Crippen molar-refractivity contribution in [2.24, 2.45) is 7.05 Å². The van der Waals surface area contributed by atoms with E-state index in [2.05, 4.69) is 41.5 Å². The average molecular weight is 598 g/mol. The second-order valence-corrected chi connectivity index (χ2v) is 12.7. The number of aryl methyl sites for hydroxylation is 2. The zero-order valence-electron chi connectivity index (χ0n) is 24.1. The molecule has 6 rings (SSSR count). The molecular formula is C34H32ClN3O3S. The van der Waals surface area contributed by atoms with Gasteiger partial charge in [-0.2, -0.15) is 5.10 Å². The quantitative estimate of drug-likeness (QED) is 0.208. The van der Waals surface area contributed by atoms with Crippen LogP contribution in [0.4, 0.5) is 0 Å². The summed E-state index contributed by atoms with van der Waals surface area (Å²) in [6, 6.07) is 24.3. The number of carboxylic acids is 1. The smallest absolute Gasteiger partial charge is 0.307 e. The van der Waals surface area contributed by atoms with Crippen molar-refractivity contribution in [2.45, 2.75) is 39.7 Å². The van der Waals surface area contributed by atoms with Gasteiger partial charge in [-0.15, -0.1) is 11.3 Å². The lowest BCUT2D eigenvalue weighted by molar-refractivity contribution is -0.136. The minimum atomic E-state index is -0.860. The first-order valence-corrected chi connectivity index (χ1v) is 14.7. The van der Waals surface area contributed by atoms with Crippen LogP contribution in [0.1, 0.15) is 31.9 Å². The van der Waals surface area contributed by atoms with Crippen LogP contribution in [0.3, 0.4) is 0 Å². The van der Waals surface area contributed by atoms with Crippen molar-refractivity contribution >= 4 is 50.0 Å². The standard InChI is InChI=1S/C30H22ClN3O2S.C4H10O/c1-17-12-25-29(28(24(17)15-27(35)36)18-6-9-23(31)10-7-18)37-30(33-25)21-5-3-4-19(13-21)20-8-11-26-22(14-20)16-32-34(26)2;1-4(2,3)5/h3-14,16H,15H2,1-2H3,(H,35,36);5H,1-3H3. The molecule has 4 aromatic carbocycles. The number of thiazole rings is 1. The molecule has 0 aliphatic rings. The molecule has 0 amide bonds. The Morgan fingerprint density at radius 1 is 0.952 bits per heavy atom. The maximum Gasteiger partial charge on any atom is 0.307 e. The molecule has 0 fully saturated rings. The lowest BCUT2D eigenvalue weighted by atomic mass is 9.93. The van der Waals surface area contributed by atoms with E-state index in [1.165, 1.54) is 0 Å². The number of hydrogen-bond donors (Lipinski definition) is 2. The first-order chi connectivity index (χ1) is 19.9. The molecule has 0 saturated heterocycles. The predicted octanol–water partition coefficient (Wildman–Crippen LogP) is 8.55. The Balaban J connectivity index is 0.000000652. The number of halogens is 1. The molecule has 0 saturated carbocycles. The fourth-order valence-electron chi connectivity index (χ4n) is 4.83. The Labute approximate surface area is 253 Å². The van der Waals surface area contributed by atoms with Crippen molar-refractivity contribution in [1.29, 1.82) is 0 Å². The summed E-state index contributed by atoms with van der Waals surface area (Å²) in [5.74, 6) is -0.860. The van der Waals surface area contributed by atoms with Crippen LogP contribution in [0.5, 0.6) is 0 Å². The maximum atomic E-state index is 11.7. The maximum absolute atomic E-state index is 11.7. The average Bonchev–Trinajstić information content (AvgIpc) is 3.52. The van der Waals surface area contributed by atoms with Crippen LogP contribution in [0.2, 0.25) is 5.02 Å². The number of fused-ring (bicyclic) bond motifs is 2. The molecule has 6 nitrogen and oxygen atoms in total. The van der Waals surface area contributed by atoms with Crippen molar-refractivity contribution < 1.29 is 15.0 Å². The van der Waals surface area contributed by atoms with Gasteiger partial charge in [-0.3, -0.25) is 9.48 Å². The minimum absolute atomic E-state index is 0.0563. The number of rotatable bonds is 5. The molecule has 42 heavy (non-hydrogen) atoms. The normalized spacial score (nSPS) is 11.5. The van der Waals surface area contributed by atoms with Crippen LogP contribution in [0.15, 0.2) is 79.0 Å². The van der Waals surface area contributed by atoms with Gasteiger partial charge in [0, 0.05) is 28.6 Å². The molecule has 0 aliphatic heterocycles. The van der Waals surface area contributed by atoms with Gasteiger partial charge < -0.3 is 10.2 Å². The number of carbonyl (C=O) groups is 1. The molecule has 214 valence electrons. The Bertz CT molecular complexity index is 1910. The van der Waals surface area contributed by atoms with E-state index in [1.807, 2.05) is 61.2 Å². The summed E-state index contributed by atoms with van der Waals surface area (Å²) < 4.78 is 2.84. The fraction of sp³-hybridized carbons (Fsp3) is 0.206. The summed E-state index contributed by atoms with van der Waals surface area (Å²) in [6.07, 6.45) is 1.82. The van der Waals surface area contributed by atoms with E-state index in [9.17, 15) is 9.90 Å². The molecule has 0 aliphatic carbocycles. The monoisotopic (exact) mass is 597 g/mol. The van der Waals surface area contributed by atoms with E-state index in [4.69, 9.17) is 21.7 Å². The lowest BCUT2D eigenvalue weighted by Gasteiger charge is -2.13. The minimum Gasteiger partial charge on any atom is -0.481 e. The molecule has 2 N–H and O–H groups in total. The first kappa shape index (κ1) is 29.5. The molecule has 0 unspecified atom stereocenters. The van der Waals surface area contributed by atoms with Crippen LogP contribution in [-0.2, 0) is 18.3 Å². The van der Waals surface area contributed by atoms with Crippen molar-refractivity contribution in [3.8, 4) is 32.8 Å². The Kier molecular flexibility index (Phi) is 8.19. The second-order valence-electron chi connectivity index (χ2n) is 11.3. The summed E-state index contributed by atoms with van der Waals surface area (Å²) in [5, 5.41) is 25.1. The predicted molar refractivity (Wildman–Crippen MR) is 173 cm³/mol. The Morgan fingerprint density at radius 3 is 2.29 bits per heavy atom. The van der Waals surface area contributed by atoms with Crippen molar-refractivity contribution in [3.05, 3.63) is 95.1 Å². The van der Waals surface area contributed by atoms with Gasteiger partial charge in [-0.25, -0.2) is 4.98 Å². The van der Waals surface area contributed by atoms with Crippen molar-refractivity contribution in [2.75, 3.05) is 0 Å². The summed E-state index contributed by atoms with van der Waals surface area (Å²) in [7, 11) is 1.94. The van der Waals surface area contributed by atoms with Gasteiger partial charge in [-0.1, -0.05) is 48.0 Å². The summed E-state index contributed by atoms with van der Waals surface area (Å²) in [4.78, 5) is 16.7. The van der Waals surface area contributed by atoms with Crippen LogP contribution < -0.4 is 0 Å². The number of aliphatic carboxylic acids is 1. The molecule has 0 bridgehead atoms. The zero-order valence-corrected chi connectivity index (χ0v) is 25.7. The SMILES string of the molecule is CC(C)(C)O.Cc1cc2nc(-c3cccc(-c4ccc5c(cnn5C)c4)c3)sc2c(-c2ccc(Cl)cc2)c1CC(=O)O. The van der Waals surface area contributed by atoms with Gasteiger partial charge in [0.25, 0.3) is 0 Å². The highest BCUT2D eigenvalue weighted by Gasteiger charge is 2.19. The molecule has 2 heterocycles. The van der Waals surface area contributed by atoms with Crippen LogP contribution in [0.25, 0.3) is 53.9 Å². The Morgan fingerprint density at radius 2 is 1.60 bits per heavy atom. The fourth-order valence-corrected chi connectivity index (χ4v) is 6.10. The molecule has 2 aromatic heterocycles. The van der Waals surface area contributed by atoms with Gasteiger partial charge in [0.05, 0.1) is 34.0 Å². The van der Waals surface area contributed by atoms with Crippen LogP contribution >= 0.6 is 22.9 Å². The first-order valence-electron chi connectivity index (χ1n) is 13.5. The highest BCUT2D eigenvalue weighted by Crippen LogP contribution is 2.41. The van der Waals surface area contributed by atoms with Crippen LogP contribution in [-0.4, -0.2) is 36.5 Å². The van der Waals surface area contributed by atoms with E-state index < -0.39 is 11.6 Å². The summed E-state index contributed by atoms with van der Waals surface area (Å²) in [5.41, 5.74) is 8.25. The molecule has 6 aromatic rings. The van der Waals surface area contributed by atoms with E-state index >= 15 is 0 Å². The molecule has 0 spiro atoms. The van der Waals surface area contributed by atoms with Gasteiger partial charge in [0.15, 0.2) is 0 Å². The second kappa shape index (κ2) is 11.7. The van der Waals surface area contributed by atoms with Gasteiger partial charge in [0.2, 0.25) is 0 Å². The van der Waals surface area contributed by atoms with Crippen molar-refractivity contribution in [1.82, 2.24) is 14.8 Å². The molecule has 0 atom stereocenters. The number of aromatic nitrogens is 3. The largest absolute Gasteiger partial charge is 0.481 e. The highest BCUT2D eigenvalue weighted by atomic mass is 35.5. The Hall–Kier alpha value is -4.04. The number of hydrogen-bond acceptors (Lipinski definition) is 5. The summed E-state index contributed by atoms with van der Waals surface area (Å²) in [6.45, 7) is 7.18. The third-order valence-electron chi connectivity index (χ3n) is 6.66. The third kappa shape index (κ3) is 6.54. The van der Waals surface area contributed by atoms with E-state index in [0.717, 1.165) is 65.1 Å². The number of aliphatic hydroxyl groups is 1. The molecule has 8 heteroatoms. The number of carboxylic acid groups (broad SMARTS) is 1. The van der Waals surface area contributed by atoms with Gasteiger partial charge in [-0.05, 0) is 91.9 Å². The van der Waals surface area contributed by atoms with E-state index in [0.29, 0.717) is 5.02 Å². The zero-order chi connectivity index (χ0) is 30.2. The van der Waals surface area contributed by atoms with E-state index in [1.54, 1.807) is 32.1 Å². The summed E-state index contributed by atoms with van der Waals surface area (Å²) >= 11 is 7.73. The van der Waals surface area contributed by atoms with Crippen molar-refractivity contribution in [3.63, 3.8) is 0 Å². The van der Waals surface area contributed by atoms with E-state index in [-0.39, 0.29) is 6.42 Å². The molecule has 0 radical (unpaired) electrons. The topological polar surface area (TPSA) is 88.2 Å². The van der Waals surface area contributed by atoms with Gasteiger partial charge in [0.1, 0.15) is 5.01 Å². The van der Waals surface area contributed by atoms with Gasteiger partial charge >= 0.3 is 5.97 Å². The number of nitrogens with zero attached hydrogens (tertiary/aromatic N) is 3. The lowest BCUT2D eigenvalue weighted by Crippen LogP contribution is -2.10.